The van der Waals surface area contributed by atoms with Gasteiger partial charge in [0, 0.05) is 54.5 Å². The molecule has 5 unspecified atom stereocenters. The first-order valence-corrected chi connectivity index (χ1v) is 14.0. The Labute approximate surface area is 242 Å². The van der Waals surface area contributed by atoms with E-state index in [0.717, 1.165) is 17.7 Å². The molecule has 0 radical (unpaired) electrons. The molecule has 214 valence electrons. The Morgan fingerprint density at radius 1 is 0.902 bits per heavy atom. The zero-order valence-corrected chi connectivity index (χ0v) is 23.8. The molecule has 2 aliphatic heterocycles. The van der Waals surface area contributed by atoms with Crippen LogP contribution in [0.25, 0.3) is 0 Å². The third-order valence-corrected chi connectivity index (χ3v) is 7.94. The van der Waals surface area contributed by atoms with Crippen molar-refractivity contribution in [3.63, 3.8) is 0 Å². The first-order valence-electron chi connectivity index (χ1n) is 14.0. The number of benzene rings is 3. The van der Waals surface area contributed by atoms with E-state index in [9.17, 15) is 15.0 Å². The molecular formula is C33H38N4O4. The molecule has 0 aromatic heterocycles. The van der Waals surface area contributed by atoms with Gasteiger partial charge in [0.15, 0.2) is 0 Å². The number of hydrogen-bond acceptors (Lipinski definition) is 6. The zero-order valence-electron chi connectivity index (χ0n) is 23.8. The van der Waals surface area contributed by atoms with Gasteiger partial charge >= 0.3 is 6.03 Å². The van der Waals surface area contributed by atoms with Gasteiger partial charge in [-0.3, -0.25) is 4.90 Å². The van der Waals surface area contributed by atoms with Gasteiger partial charge in [-0.1, -0.05) is 42.2 Å². The summed E-state index contributed by atoms with van der Waals surface area (Å²) in [6.45, 7) is 1.62. The summed E-state index contributed by atoms with van der Waals surface area (Å²) in [6, 6.07) is 25.2. The molecular weight excluding hydrogens is 516 g/mol. The van der Waals surface area contributed by atoms with Crippen molar-refractivity contribution in [1.29, 1.82) is 0 Å². The SMILES string of the molecule is COc1ccc(NC(=O)N2CC(O)C(O)CN3C(CN(C)C)C(c4ccc(C#Cc5ccccc5)cc4)C3C2)cc1. The van der Waals surface area contributed by atoms with Crippen LogP contribution >= 0.6 is 0 Å². The quantitative estimate of drug-likeness (QED) is 0.421. The van der Waals surface area contributed by atoms with Crippen molar-refractivity contribution in [3.8, 4) is 17.6 Å². The summed E-state index contributed by atoms with van der Waals surface area (Å²) in [6.07, 6.45) is -2.01. The molecule has 0 bridgehead atoms. The Bertz CT molecular complexity index is 1370. The molecule has 2 amide bonds. The van der Waals surface area contributed by atoms with Gasteiger partial charge in [0.2, 0.25) is 0 Å². The predicted octanol–water partition coefficient (Wildman–Crippen LogP) is 3.06. The van der Waals surface area contributed by atoms with E-state index in [1.54, 1.807) is 36.3 Å². The number of aliphatic hydroxyl groups is 2. The minimum absolute atomic E-state index is 0.00929. The van der Waals surface area contributed by atoms with Gasteiger partial charge in [-0.25, -0.2) is 4.79 Å². The molecule has 3 aromatic rings. The minimum Gasteiger partial charge on any atom is -0.497 e. The van der Waals surface area contributed by atoms with Crippen molar-refractivity contribution in [2.45, 2.75) is 30.2 Å². The van der Waals surface area contributed by atoms with Gasteiger partial charge in [0.25, 0.3) is 0 Å². The molecule has 2 heterocycles. The summed E-state index contributed by atoms with van der Waals surface area (Å²) in [5.74, 6) is 7.30. The molecule has 2 aliphatic rings. The third kappa shape index (κ3) is 6.72. The maximum Gasteiger partial charge on any atom is 0.321 e. The van der Waals surface area contributed by atoms with Gasteiger partial charge in [0.1, 0.15) is 5.75 Å². The molecule has 3 aromatic carbocycles. The number of rotatable bonds is 5. The highest BCUT2D eigenvalue weighted by Crippen LogP contribution is 2.42. The normalized spacial score (nSPS) is 24.2. The van der Waals surface area contributed by atoms with Crippen LogP contribution in [0.4, 0.5) is 10.5 Å². The Balaban J connectivity index is 1.38. The summed E-state index contributed by atoms with van der Waals surface area (Å²) in [5.41, 5.74) is 3.72. The van der Waals surface area contributed by atoms with Crippen LogP contribution in [0.1, 0.15) is 22.6 Å². The molecule has 0 saturated carbocycles. The number of anilines is 1. The van der Waals surface area contributed by atoms with Crippen molar-refractivity contribution >= 4 is 11.7 Å². The predicted molar refractivity (Wildman–Crippen MR) is 160 cm³/mol. The Morgan fingerprint density at radius 3 is 2.17 bits per heavy atom. The number of hydrogen-bond donors (Lipinski definition) is 3. The van der Waals surface area contributed by atoms with Crippen molar-refractivity contribution in [1.82, 2.24) is 14.7 Å². The van der Waals surface area contributed by atoms with E-state index in [-0.39, 0.29) is 30.6 Å². The summed E-state index contributed by atoms with van der Waals surface area (Å²) >= 11 is 0. The number of carbonyl (C=O) groups excluding carboxylic acids is 1. The average molecular weight is 555 g/mol. The minimum atomic E-state index is -1.04. The summed E-state index contributed by atoms with van der Waals surface area (Å²) in [5, 5.41) is 24.5. The standard InChI is InChI=1S/C33H38N4O4/c1-35(2)19-28-32(25-13-11-24(12-14-25)10-9-23-7-5-4-6-8-23)29-20-36(21-30(38)31(39)22-37(28)29)33(40)34-26-15-17-27(41-3)18-16-26/h4-8,11-18,28-32,38-39H,19-22H2,1-3H3,(H,34,40). The van der Waals surface area contributed by atoms with E-state index in [2.05, 4.69) is 51.2 Å². The molecule has 3 N–H and O–H groups in total. The third-order valence-electron chi connectivity index (χ3n) is 7.94. The van der Waals surface area contributed by atoms with Crippen LogP contribution in [-0.4, -0.2) is 103 Å². The van der Waals surface area contributed by atoms with Crippen LogP contribution in [0, 0.1) is 11.8 Å². The van der Waals surface area contributed by atoms with Gasteiger partial charge in [-0.15, -0.1) is 0 Å². The van der Waals surface area contributed by atoms with Gasteiger partial charge in [0.05, 0.1) is 25.9 Å². The maximum atomic E-state index is 13.4. The highest BCUT2D eigenvalue weighted by atomic mass is 16.5. The smallest absolute Gasteiger partial charge is 0.321 e. The van der Waals surface area contributed by atoms with Crippen LogP contribution < -0.4 is 10.1 Å². The number of carbonyl (C=O) groups is 1. The zero-order chi connectivity index (χ0) is 28.9. The molecule has 8 heteroatoms. The second-order valence-corrected chi connectivity index (χ2v) is 11.1. The largest absolute Gasteiger partial charge is 0.497 e. The van der Waals surface area contributed by atoms with Crippen molar-refractivity contribution in [3.05, 3.63) is 95.6 Å². The van der Waals surface area contributed by atoms with Crippen molar-refractivity contribution in [2.75, 3.05) is 52.7 Å². The number of urea groups is 1. The molecule has 5 atom stereocenters. The van der Waals surface area contributed by atoms with E-state index in [1.807, 2.05) is 44.4 Å². The molecule has 41 heavy (non-hydrogen) atoms. The van der Waals surface area contributed by atoms with E-state index >= 15 is 0 Å². The van der Waals surface area contributed by atoms with E-state index in [4.69, 9.17) is 4.74 Å². The fourth-order valence-electron chi connectivity index (χ4n) is 5.82. The van der Waals surface area contributed by atoms with Crippen LogP contribution in [0.3, 0.4) is 0 Å². The number of methoxy groups -OCH3 is 1. The fraction of sp³-hybridized carbons (Fsp3) is 0.364. The number of nitrogens with zero attached hydrogens (tertiary/aromatic N) is 3. The van der Waals surface area contributed by atoms with Gasteiger partial charge in [-0.05, 0) is 68.2 Å². The van der Waals surface area contributed by atoms with Crippen LogP contribution in [0.15, 0.2) is 78.9 Å². The summed E-state index contributed by atoms with van der Waals surface area (Å²) < 4.78 is 5.21. The number of likely N-dealkylation sites (N-methyl/N-ethyl adjacent to an activating group) is 1. The number of nitrogens with one attached hydrogen (secondary N) is 1. The lowest BCUT2D eigenvalue weighted by molar-refractivity contribution is -0.105. The maximum absolute atomic E-state index is 13.4. The van der Waals surface area contributed by atoms with E-state index < -0.39 is 12.2 Å². The highest BCUT2D eigenvalue weighted by Gasteiger charge is 2.51. The average Bonchev–Trinajstić information content (AvgIpc) is 2.98. The lowest BCUT2D eigenvalue weighted by Crippen LogP contribution is -2.71. The molecule has 0 aliphatic carbocycles. The Hall–Kier alpha value is -3.87. The molecule has 0 spiro atoms. The number of β-amino-alcohol motifs (C(OH)–C–C–N with tert-alkyl or cyclic N) is 1. The van der Waals surface area contributed by atoms with E-state index in [0.29, 0.717) is 24.5 Å². The molecule has 8 nitrogen and oxygen atoms in total. The highest BCUT2D eigenvalue weighted by molar-refractivity contribution is 5.89. The number of ether oxygens (including phenoxy) is 1. The topological polar surface area (TPSA) is 88.5 Å². The first-order chi connectivity index (χ1) is 19.8. The fourth-order valence-corrected chi connectivity index (χ4v) is 5.82. The van der Waals surface area contributed by atoms with Gasteiger partial charge in [-0.2, -0.15) is 0 Å². The van der Waals surface area contributed by atoms with Crippen LogP contribution in [0.5, 0.6) is 5.75 Å². The number of aliphatic hydroxyl groups excluding tert-OH is 2. The summed E-state index contributed by atoms with van der Waals surface area (Å²) in [4.78, 5) is 19.4. The van der Waals surface area contributed by atoms with Crippen LogP contribution in [-0.2, 0) is 0 Å². The van der Waals surface area contributed by atoms with E-state index in [1.165, 1.54) is 5.56 Å². The lowest BCUT2D eigenvalue weighted by atomic mass is 9.73. The monoisotopic (exact) mass is 554 g/mol. The van der Waals surface area contributed by atoms with Gasteiger partial charge < -0.3 is 30.1 Å². The van der Waals surface area contributed by atoms with Crippen molar-refractivity contribution in [2.24, 2.45) is 0 Å². The molecule has 2 fully saturated rings. The summed E-state index contributed by atoms with van der Waals surface area (Å²) in [7, 11) is 5.67. The second-order valence-electron chi connectivity index (χ2n) is 11.1. The number of fused-ring (bicyclic) bond motifs is 1. The Kier molecular flexibility index (Phi) is 8.91. The first kappa shape index (κ1) is 28.7. The molecule has 2 saturated heterocycles. The second kappa shape index (κ2) is 12.8. The Morgan fingerprint density at radius 2 is 1.54 bits per heavy atom. The molecule has 5 rings (SSSR count). The van der Waals surface area contributed by atoms with Crippen LogP contribution in [0.2, 0.25) is 0 Å². The van der Waals surface area contributed by atoms with Crippen molar-refractivity contribution < 1.29 is 19.7 Å². The lowest BCUT2D eigenvalue weighted by Gasteiger charge is -2.59. The number of amides is 2.